The molecule has 8 nitrogen and oxygen atoms in total. The number of carbonyl (C=O) groups excluding carboxylic acids is 1. The summed E-state index contributed by atoms with van der Waals surface area (Å²) in [7, 11) is 1.64. The number of aliphatic imine (C=N–C) groups is 1. The second-order valence-electron chi connectivity index (χ2n) is 7.51. The zero-order chi connectivity index (χ0) is 22.9. The van der Waals surface area contributed by atoms with Crippen molar-refractivity contribution in [3.63, 3.8) is 0 Å². The Morgan fingerprint density at radius 3 is 2.59 bits per heavy atom. The molecule has 2 aromatic heterocycles. The van der Waals surface area contributed by atoms with Crippen molar-refractivity contribution in [1.29, 1.82) is 0 Å². The van der Waals surface area contributed by atoms with E-state index in [0.29, 0.717) is 18.7 Å². The van der Waals surface area contributed by atoms with Crippen LogP contribution in [0, 0.1) is 13.8 Å². The van der Waals surface area contributed by atoms with Gasteiger partial charge in [0.05, 0.1) is 12.2 Å². The van der Waals surface area contributed by atoms with Gasteiger partial charge in [0.25, 0.3) is 5.91 Å². The first-order valence-electron chi connectivity index (χ1n) is 10.8. The van der Waals surface area contributed by atoms with Crippen molar-refractivity contribution in [2.24, 2.45) is 4.99 Å². The summed E-state index contributed by atoms with van der Waals surface area (Å²) in [5.74, 6) is 1.47. The molecule has 8 heteroatoms. The fraction of sp³-hybridized carbons (Fsp3) is 0.333. The third kappa shape index (κ3) is 6.16. The highest BCUT2D eigenvalue weighted by atomic mass is 16.1. The molecule has 3 rings (SSSR count). The van der Waals surface area contributed by atoms with E-state index in [1.165, 1.54) is 0 Å². The molecule has 0 aliphatic heterocycles. The summed E-state index contributed by atoms with van der Waals surface area (Å²) in [5, 5.41) is 13.7. The molecule has 0 aliphatic carbocycles. The van der Waals surface area contributed by atoms with Gasteiger partial charge in [-0.1, -0.05) is 18.2 Å². The van der Waals surface area contributed by atoms with Crippen molar-refractivity contribution in [2.75, 3.05) is 20.1 Å². The number of pyridine rings is 1. The van der Waals surface area contributed by atoms with Crippen LogP contribution in [-0.2, 0) is 13.0 Å². The van der Waals surface area contributed by atoms with Crippen molar-refractivity contribution in [3.8, 4) is 5.82 Å². The van der Waals surface area contributed by atoms with Crippen LogP contribution in [0.2, 0.25) is 0 Å². The Balaban J connectivity index is 1.58. The van der Waals surface area contributed by atoms with E-state index in [1.54, 1.807) is 7.05 Å². The lowest BCUT2D eigenvalue weighted by Crippen LogP contribution is -2.38. The molecule has 168 valence electrons. The SMILES string of the molecule is CCNC(=NCc1ccc(-n2nc(C)cc2C)nc1)NCCc1cccc(C(=O)NC)c1. The first kappa shape index (κ1) is 23.0. The predicted octanol–water partition coefficient (Wildman–Crippen LogP) is 2.54. The maximum atomic E-state index is 11.8. The highest BCUT2D eigenvalue weighted by Gasteiger charge is 2.06. The number of benzene rings is 1. The average Bonchev–Trinajstić information content (AvgIpc) is 3.15. The second kappa shape index (κ2) is 11.1. The summed E-state index contributed by atoms with van der Waals surface area (Å²) >= 11 is 0. The largest absolute Gasteiger partial charge is 0.357 e. The summed E-state index contributed by atoms with van der Waals surface area (Å²) in [4.78, 5) is 21.0. The Labute approximate surface area is 189 Å². The Hall–Kier alpha value is -3.68. The van der Waals surface area contributed by atoms with Gasteiger partial charge in [-0.05, 0) is 62.6 Å². The number of nitrogens with zero attached hydrogens (tertiary/aromatic N) is 4. The second-order valence-corrected chi connectivity index (χ2v) is 7.51. The van der Waals surface area contributed by atoms with E-state index in [1.807, 2.05) is 74.1 Å². The smallest absolute Gasteiger partial charge is 0.251 e. The number of aryl methyl sites for hydroxylation is 2. The van der Waals surface area contributed by atoms with Crippen molar-refractivity contribution >= 4 is 11.9 Å². The topological polar surface area (TPSA) is 96.2 Å². The number of hydrogen-bond acceptors (Lipinski definition) is 4. The zero-order valence-corrected chi connectivity index (χ0v) is 19.1. The first-order valence-corrected chi connectivity index (χ1v) is 10.8. The van der Waals surface area contributed by atoms with Crippen LogP contribution in [0.4, 0.5) is 0 Å². The van der Waals surface area contributed by atoms with Gasteiger partial charge < -0.3 is 16.0 Å². The molecular formula is C24H31N7O. The Bertz CT molecular complexity index is 1070. The Morgan fingerprint density at radius 2 is 1.94 bits per heavy atom. The van der Waals surface area contributed by atoms with E-state index >= 15 is 0 Å². The van der Waals surface area contributed by atoms with Crippen LogP contribution < -0.4 is 16.0 Å². The molecule has 3 N–H and O–H groups in total. The molecule has 0 atom stereocenters. The fourth-order valence-corrected chi connectivity index (χ4v) is 3.35. The summed E-state index contributed by atoms with van der Waals surface area (Å²) in [6, 6.07) is 13.7. The summed E-state index contributed by atoms with van der Waals surface area (Å²) in [6.07, 6.45) is 2.62. The van der Waals surface area contributed by atoms with Gasteiger partial charge in [0, 0.05) is 37.6 Å². The third-order valence-electron chi connectivity index (χ3n) is 4.92. The van der Waals surface area contributed by atoms with Crippen LogP contribution in [0.25, 0.3) is 5.82 Å². The molecule has 0 aliphatic rings. The Kier molecular flexibility index (Phi) is 7.96. The first-order chi connectivity index (χ1) is 15.5. The molecule has 0 fully saturated rings. The van der Waals surface area contributed by atoms with E-state index in [9.17, 15) is 4.79 Å². The lowest BCUT2D eigenvalue weighted by Gasteiger charge is -2.12. The molecule has 3 aromatic rings. The minimum Gasteiger partial charge on any atom is -0.357 e. The van der Waals surface area contributed by atoms with E-state index < -0.39 is 0 Å². The standard InChI is InChI=1S/C24H31N7O/c1-5-26-24(27-12-11-19-7-6-8-21(14-19)23(32)25-4)29-16-20-9-10-22(28-15-20)31-18(3)13-17(2)30-31/h6-10,13-15H,5,11-12,16H2,1-4H3,(H,25,32)(H2,26,27,29). The molecule has 0 saturated carbocycles. The highest BCUT2D eigenvalue weighted by Crippen LogP contribution is 2.11. The van der Waals surface area contributed by atoms with Crippen molar-refractivity contribution in [2.45, 2.75) is 33.7 Å². The van der Waals surface area contributed by atoms with E-state index in [0.717, 1.165) is 47.3 Å². The summed E-state index contributed by atoms with van der Waals surface area (Å²) in [5.41, 5.74) is 4.81. The lowest BCUT2D eigenvalue weighted by molar-refractivity contribution is 0.0963. The van der Waals surface area contributed by atoms with Gasteiger partial charge in [0.1, 0.15) is 0 Å². The number of rotatable bonds is 8. The van der Waals surface area contributed by atoms with Crippen molar-refractivity contribution in [3.05, 3.63) is 76.7 Å². The van der Waals surface area contributed by atoms with Crippen LogP contribution in [0.15, 0.2) is 53.7 Å². The van der Waals surface area contributed by atoms with Crippen LogP contribution in [0.5, 0.6) is 0 Å². The van der Waals surface area contributed by atoms with Crippen LogP contribution in [-0.4, -0.2) is 46.8 Å². The van der Waals surface area contributed by atoms with Gasteiger partial charge in [-0.2, -0.15) is 5.10 Å². The minimum atomic E-state index is -0.0767. The van der Waals surface area contributed by atoms with E-state index in [2.05, 4.69) is 31.0 Å². The normalized spacial score (nSPS) is 11.3. The summed E-state index contributed by atoms with van der Waals surface area (Å²) in [6.45, 7) is 8.02. The minimum absolute atomic E-state index is 0.0767. The summed E-state index contributed by atoms with van der Waals surface area (Å²) < 4.78 is 1.84. The molecule has 32 heavy (non-hydrogen) atoms. The van der Waals surface area contributed by atoms with Crippen molar-refractivity contribution < 1.29 is 4.79 Å². The van der Waals surface area contributed by atoms with Gasteiger partial charge in [-0.3, -0.25) is 4.79 Å². The number of nitrogens with one attached hydrogen (secondary N) is 3. The molecule has 2 heterocycles. The van der Waals surface area contributed by atoms with E-state index in [-0.39, 0.29) is 5.91 Å². The molecule has 0 saturated heterocycles. The lowest BCUT2D eigenvalue weighted by atomic mass is 10.1. The van der Waals surface area contributed by atoms with Gasteiger partial charge in [-0.15, -0.1) is 0 Å². The molecule has 1 amide bonds. The van der Waals surface area contributed by atoms with Gasteiger partial charge in [0.2, 0.25) is 0 Å². The number of guanidine groups is 1. The molecule has 0 spiro atoms. The highest BCUT2D eigenvalue weighted by molar-refractivity contribution is 5.94. The quantitative estimate of drug-likeness (QED) is 0.375. The monoisotopic (exact) mass is 433 g/mol. The Morgan fingerprint density at radius 1 is 1.09 bits per heavy atom. The van der Waals surface area contributed by atoms with Crippen molar-refractivity contribution in [1.82, 2.24) is 30.7 Å². The molecule has 0 unspecified atom stereocenters. The van der Waals surface area contributed by atoms with Gasteiger partial charge in [0.15, 0.2) is 11.8 Å². The maximum absolute atomic E-state index is 11.8. The number of aromatic nitrogens is 3. The predicted molar refractivity (Wildman–Crippen MR) is 127 cm³/mol. The number of hydrogen-bond donors (Lipinski definition) is 3. The van der Waals surface area contributed by atoms with E-state index in [4.69, 9.17) is 0 Å². The third-order valence-corrected chi connectivity index (χ3v) is 4.92. The van der Waals surface area contributed by atoms with Gasteiger partial charge in [-0.25, -0.2) is 14.7 Å². The maximum Gasteiger partial charge on any atom is 0.251 e. The van der Waals surface area contributed by atoms with Gasteiger partial charge >= 0.3 is 0 Å². The fourth-order valence-electron chi connectivity index (χ4n) is 3.35. The molecule has 0 radical (unpaired) electrons. The number of amides is 1. The molecule has 1 aromatic carbocycles. The molecular weight excluding hydrogens is 402 g/mol. The van der Waals surface area contributed by atoms with Crippen LogP contribution >= 0.6 is 0 Å². The van der Waals surface area contributed by atoms with Crippen LogP contribution in [0.1, 0.15) is 39.8 Å². The number of carbonyl (C=O) groups is 1. The molecule has 0 bridgehead atoms. The van der Waals surface area contributed by atoms with Crippen LogP contribution in [0.3, 0.4) is 0 Å². The average molecular weight is 434 g/mol. The zero-order valence-electron chi connectivity index (χ0n) is 19.1.